The number of nitrogens with zero attached hydrogens (tertiary/aromatic N) is 2. The van der Waals surface area contributed by atoms with Gasteiger partial charge in [-0.3, -0.25) is 4.79 Å². The summed E-state index contributed by atoms with van der Waals surface area (Å²) in [5.74, 6) is 0.715. The highest BCUT2D eigenvalue weighted by Gasteiger charge is 2.18. The van der Waals surface area contributed by atoms with E-state index in [0.717, 1.165) is 0 Å². The zero-order valence-electron chi connectivity index (χ0n) is 13.5. The van der Waals surface area contributed by atoms with Crippen molar-refractivity contribution in [2.24, 2.45) is 0 Å². The summed E-state index contributed by atoms with van der Waals surface area (Å²) in [6.45, 7) is 1.90. The lowest BCUT2D eigenvalue weighted by atomic mass is 10.2. The number of furan rings is 1. The third kappa shape index (κ3) is 3.68. The van der Waals surface area contributed by atoms with Crippen LogP contribution in [0.25, 0.3) is 0 Å². The normalized spacial score (nSPS) is 10.3. The minimum absolute atomic E-state index is 0.214. The van der Waals surface area contributed by atoms with Gasteiger partial charge in [0.15, 0.2) is 0 Å². The van der Waals surface area contributed by atoms with Gasteiger partial charge >= 0.3 is 5.97 Å². The average molecular weight is 318 g/mol. The summed E-state index contributed by atoms with van der Waals surface area (Å²) in [7, 11) is 4.46. The maximum atomic E-state index is 12.3. The number of esters is 1. The van der Waals surface area contributed by atoms with Gasteiger partial charge in [-0.25, -0.2) is 9.78 Å². The molecule has 0 atom stereocenters. The Morgan fingerprint density at radius 3 is 2.61 bits per heavy atom. The number of carbonyl (C=O) groups is 2. The van der Waals surface area contributed by atoms with Crippen molar-refractivity contribution in [2.45, 2.75) is 13.5 Å². The molecule has 2 aromatic heterocycles. The van der Waals surface area contributed by atoms with Crippen molar-refractivity contribution >= 4 is 11.9 Å². The number of rotatable bonds is 5. The van der Waals surface area contributed by atoms with E-state index in [1.807, 2.05) is 0 Å². The number of aromatic nitrogens is 1. The van der Waals surface area contributed by atoms with Crippen LogP contribution in [0.3, 0.4) is 0 Å². The molecule has 122 valence electrons. The number of amides is 1. The van der Waals surface area contributed by atoms with E-state index in [0.29, 0.717) is 28.5 Å². The molecule has 0 aliphatic heterocycles. The molecule has 2 aromatic rings. The van der Waals surface area contributed by atoms with Gasteiger partial charge < -0.3 is 18.8 Å². The van der Waals surface area contributed by atoms with Crippen LogP contribution in [0.5, 0.6) is 5.88 Å². The van der Waals surface area contributed by atoms with E-state index in [2.05, 4.69) is 9.72 Å². The van der Waals surface area contributed by atoms with Crippen LogP contribution in [0.2, 0.25) is 0 Å². The SMILES string of the molecule is COC(=O)c1cc(CN(C)C(=O)c2ccc(OC)nc2)oc1C. The summed E-state index contributed by atoms with van der Waals surface area (Å²) in [5, 5.41) is 0. The Morgan fingerprint density at radius 2 is 2.04 bits per heavy atom. The van der Waals surface area contributed by atoms with Crippen LogP contribution in [-0.2, 0) is 11.3 Å². The molecule has 23 heavy (non-hydrogen) atoms. The molecule has 2 rings (SSSR count). The second kappa shape index (κ2) is 6.95. The fourth-order valence-corrected chi connectivity index (χ4v) is 2.09. The first-order valence-corrected chi connectivity index (χ1v) is 6.89. The van der Waals surface area contributed by atoms with Crippen molar-refractivity contribution in [1.29, 1.82) is 0 Å². The van der Waals surface area contributed by atoms with Crippen molar-refractivity contribution in [3.8, 4) is 5.88 Å². The first-order valence-electron chi connectivity index (χ1n) is 6.89. The molecule has 1 amide bonds. The maximum Gasteiger partial charge on any atom is 0.341 e. The largest absolute Gasteiger partial charge is 0.481 e. The molecular formula is C16H18N2O5. The van der Waals surface area contributed by atoms with Gasteiger partial charge in [0.2, 0.25) is 5.88 Å². The smallest absolute Gasteiger partial charge is 0.341 e. The van der Waals surface area contributed by atoms with Crippen molar-refractivity contribution in [2.75, 3.05) is 21.3 Å². The molecule has 0 fully saturated rings. The fourth-order valence-electron chi connectivity index (χ4n) is 2.09. The topological polar surface area (TPSA) is 81.9 Å². The summed E-state index contributed by atoms with van der Waals surface area (Å²) in [4.78, 5) is 29.4. The molecule has 0 bridgehead atoms. The van der Waals surface area contributed by atoms with Crippen molar-refractivity contribution in [3.63, 3.8) is 0 Å². The van der Waals surface area contributed by atoms with Gasteiger partial charge in [-0.05, 0) is 19.1 Å². The van der Waals surface area contributed by atoms with Gasteiger partial charge in [0.1, 0.15) is 17.1 Å². The third-order valence-electron chi connectivity index (χ3n) is 3.31. The highest BCUT2D eigenvalue weighted by atomic mass is 16.5. The van der Waals surface area contributed by atoms with Crippen molar-refractivity contribution < 1.29 is 23.5 Å². The first-order chi connectivity index (χ1) is 11.0. The monoisotopic (exact) mass is 318 g/mol. The highest BCUT2D eigenvalue weighted by molar-refractivity contribution is 5.94. The molecule has 0 aromatic carbocycles. The third-order valence-corrected chi connectivity index (χ3v) is 3.31. The number of hydrogen-bond acceptors (Lipinski definition) is 6. The predicted octanol–water partition coefficient (Wildman–Crippen LogP) is 2.05. The molecule has 0 spiro atoms. The minimum atomic E-state index is -0.467. The Hall–Kier alpha value is -2.83. The molecule has 0 unspecified atom stereocenters. The number of hydrogen-bond donors (Lipinski definition) is 0. The van der Waals surface area contributed by atoms with E-state index in [1.165, 1.54) is 25.3 Å². The van der Waals surface area contributed by atoms with Gasteiger partial charge in [-0.15, -0.1) is 0 Å². The van der Waals surface area contributed by atoms with Gasteiger partial charge in [-0.1, -0.05) is 0 Å². The van der Waals surface area contributed by atoms with Crippen LogP contribution >= 0.6 is 0 Å². The van der Waals surface area contributed by atoms with Crippen LogP contribution in [-0.4, -0.2) is 43.0 Å². The van der Waals surface area contributed by atoms with Crippen LogP contribution in [0.15, 0.2) is 28.8 Å². The number of aryl methyl sites for hydroxylation is 1. The second-order valence-electron chi connectivity index (χ2n) is 4.92. The van der Waals surface area contributed by atoms with Crippen molar-refractivity contribution in [1.82, 2.24) is 9.88 Å². The average Bonchev–Trinajstić information content (AvgIpc) is 2.93. The Labute approximate surface area is 133 Å². The maximum absolute atomic E-state index is 12.3. The molecule has 2 heterocycles. The van der Waals surface area contributed by atoms with E-state index in [9.17, 15) is 9.59 Å². The van der Waals surface area contributed by atoms with E-state index >= 15 is 0 Å². The standard InChI is InChI=1S/C16H18N2O5/c1-10-13(16(20)22-4)7-12(23-10)9-18(2)15(19)11-5-6-14(21-3)17-8-11/h5-8H,9H2,1-4H3. The van der Waals surface area contributed by atoms with Crippen LogP contribution in [0, 0.1) is 6.92 Å². The summed E-state index contributed by atoms with van der Waals surface area (Å²) >= 11 is 0. The van der Waals surface area contributed by atoms with E-state index < -0.39 is 5.97 Å². The zero-order valence-corrected chi connectivity index (χ0v) is 13.5. The molecule has 0 saturated carbocycles. The van der Waals surface area contributed by atoms with Crippen LogP contribution < -0.4 is 4.74 Å². The Balaban J connectivity index is 2.10. The molecule has 0 aliphatic carbocycles. The highest BCUT2D eigenvalue weighted by Crippen LogP contribution is 2.18. The van der Waals surface area contributed by atoms with E-state index in [1.54, 1.807) is 32.2 Å². The lowest BCUT2D eigenvalue weighted by Crippen LogP contribution is -2.26. The molecule has 0 saturated heterocycles. The molecule has 0 aliphatic rings. The van der Waals surface area contributed by atoms with Gasteiger partial charge in [0, 0.05) is 19.3 Å². The second-order valence-corrected chi connectivity index (χ2v) is 4.92. The molecular weight excluding hydrogens is 300 g/mol. The Morgan fingerprint density at radius 1 is 1.30 bits per heavy atom. The molecule has 7 heteroatoms. The fraction of sp³-hybridized carbons (Fsp3) is 0.312. The number of pyridine rings is 1. The van der Waals surface area contributed by atoms with Gasteiger partial charge in [0.25, 0.3) is 5.91 Å². The number of ether oxygens (including phenoxy) is 2. The minimum Gasteiger partial charge on any atom is -0.481 e. The number of methoxy groups -OCH3 is 2. The first kappa shape index (κ1) is 16.5. The quantitative estimate of drug-likeness (QED) is 0.785. The zero-order chi connectivity index (χ0) is 17.0. The summed E-state index contributed by atoms with van der Waals surface area (Å²) in [6.07, 6.45) is 1.45. The van der Waals surface area contributed by atoms with Gasteiger partial charge in [0.05, 0.1) is 26.3 Å². The summed E-state index contributed by atoms with van der Waals surface area (Å²) in [6, 6.07) is 4.84. The summed E-state index contributed by atoms with van der Waals surface area (Å²) < 4.78 is 15.1. The van der Waals surface area contributed by atoms with E-state index in [4.69, 9.17) is 9.15 Å². The molecule has 0 radical (unpaired) electrons. The van der Waals surface area contributed by atoms with E-state index in [-0.39, 0.29) is 12.5 Å². The van der Waals surface area contributed by atoms with Gasteiger partial charge in [-0.2, -0.15) is 0 Å². The summed E-state index contributed by atoms with van der Waals surface area (Å²) in [5.41, 5.74) is 0.791. The lowest BCUT2D eigenvalue weighted by Gasteiger charge is -2.15. The lowest BCUT2D eigenvalue weighted by molar-refractivity contribution is 0.0598. The number of carbonyl (C=O) groups excluding carboxylic acids is 2. The Bertz CT molecular complexity index is 706. The predicted molar refractivity (Wildman–Crippen MR) is 81.4 cm³/mol. The van der Waals surface area contributed by atoms with Crippen molar-refractivity contribution in [3.05, 3.63) is 47.0 Å². The molecule has 7 nitrogen and oxygen atoms in total. The molecule has 0 N–H and O–H groups in total. The van der Waals surface area contributed by atoms with Crippen LogP contribution in [0.1, 0.15) is 32.2 Å². The Kier molecular flexibility index (Phi) is 5.00. The van der Waals surface area contributed by atoms with Crippen LogP contribution in [0.4, 0.5) is 0 Å².